The first-order chi connectivity index (χ1) is 9.63. The van der Waals surface area contributed by atoms with Crippen molar-refractivity contribution >= 4 is 11.9 Å². The zero-order valence-electron chi connectivity index (χ0n) is 11.4. The first kappa shape index (κ1) is 13.2. The fraction of sp³-hybridized carbons (Fsp3) is 0.500. The van der Waals surface area contributed by atoms with E-state index in [-0.39, 0.29) is 23.8 Å². The fourth-order valence-electron chi connectivity index (χ4n) is 3.30. The van der Waals surface area contributed by atoms with Gasteiger partial charge in [0.25, 0.3) is 0 Å². The second-order valence-electron chi connectivity index (χ2n) is 5.84. The van der Waals surface area contributed by atoms with Crippen LogP contribution in [0.5, 0.6) is 0 Å². The van der Waals surface area contributed by atoms with Crippen LogP contribution >= 0.6 is 0 Å². The van der Waals surface area contributed by atoms with Gasteiger partial charge in [-0.2, -0.15) is 0 Å². The Morgan fingerprint density at radius 2 is 1.95 bits per heavy atom. The highest BCUT2D eigenvalue weighted by atomic mass is 16.4. The standard InChI is InChI=1S/C16H19NO3/c18-14(19)11-13-7-4-10-17(13)15(20)16(8-9-16)12-5-2-1-3-6-12/h1-3,5-6,13H,4,7-11H2,(H,18,19). The van der Waals surface area contributed by atoms with Gasteiger partial charge < -0.3 is 10.0 Å². The van der Waals surface area contributed by atoms with Gasteiger partial charge in [0, 0.05) is 12.6 Å². The summed E-state index contributed by atoms with van der Waals surface area (Å²) in [5.41, 5.74) is 0.702. The van der Waals surface area contributed by atoms with Gasteiger partial charge in [0.05, 0.1) is 11.8 Å². The minimum atomic E-state index is -0.820. The lowest BCUT2D eigenvalue weighted by Gasteiger charge is -2.28. The van der Waals surface area contributed by atoms with E-state index in [9.17, 15) is 9.59 Å². The van der Waals surface area contributed by atoms with Gasteiger partial charge in [0.1, 0.15) is 0 Å². The topological polar surface area (TPSA) is 57.6 Å². The SMILES string of the molecule is O=C(O)CC1CCCN1C(=O)C1(c2ccccc2)CC1. The summed E-state index contributed by atoms with van der Waals surface area (Å²) in [6.07, 6.45) is 3.55. The Morgan fingerprint density at radius 3 is 2.55 bits per heavy atom. The smallest absolute Gasteiger partial charge is 0.305 e. The Morgan fingerprint density at radius 1 is 1.25 bits per heavy atom. The fourth-order valence-corrected chi connectivity index (χ4v) is 3.30. The van der Waals surface area contributed by atoms with Crippen molar-refractivity contribution in [2.75, 3.05) is 6.54 Å². The minimum absolute atomic E-state index is 0.0661. The van der Waals surface area contributed by atoms with Crippen molar-refractivity contribution in [1.82, 2.24) is 4.90 Å². The second-order valence-corrected chi connectivity index (χ2v) is 5.84. The molecule has 1 saturated heterocycles. The molecule has 3 rings (SSSR count). The van der Waals surface area contributed by atoms with Gasteiger partial charge in [0.2, 0.25) is 5.91 Å². The number of rotatable bonds is 4. The molecule has 1 unspecified atom stereocenters. The number of carbonyl (C=O) groups excluding carboxylic acids is 1. The van der Waals surface area contributed by atoms with E-state index in [0.29, 0.717) is 6.54 Å². The molecular weight excluding hydrogens is 254 g/mol. The van der Waals surface area contributed by atoms with Gasteiger partial charge in [-0.15, -0.1) is 0 Å². The summed E-state index contributed by atoms with van der Waals surface area (Å²) in [4.78, 5) is 25.6. The Balaban J connectivity index is 1.80. The second kappa shape index (κ2) is 4.93. The van der Waals surface area contributed by atoms with Crippen LogP contribution in [-0.4, -0.2) is 34.5 Å². The predicted molar refractivity (Wildman–Crippen MR) is 74.3 cm³/mol. The third-order valence-electron chi connectivity index (χ3n) is 4.53. The molecule has 1 aromatic carbocycles. The van der Waals surface area contributed by atoms with Crippen LogP contribution in [0.1, 0.15) is 37.7 Å². The highest BCUT2D eigenvalue weighted by molar-refractivity contribution is 5.92. The molecule has 0 spiro atoms. The number of likely N-dealkylation sites (tertiary alicyclic amines) is 1. The number of carbonyl (C=O) groups is 2. The van der Waals surface area contributed by atoms with Crippen LogP contribution in [0.4, 0.5) is 0 Å². The van der Waals surface area contributed by atoms with Crippen LogP contribution < -0.4 is 0 Å². The van der Waals surface area contributed by atoms with E-state index in [1.54, 1.807) is 0 Å². The number of carboxylic acids is 1. The average Bonchev–Trinajstić information content (AvgIpc) is 3.14. The summed E-state index contributed by atoms with van der Waals surface area (Å²) in [6.45, 7) is 0.700. The lowest BCUT2D eigenvalue weighted by molar-refractivity contribution is -0.140. The van der Waals surface area contributed by atoms with Crippen molar-refractivity contribution in [3.05, 3.63) is 35.9 Å². The molecule has 1 amide bonds. The van der Waals surface area contributed by atoms with Crippen LogP contribution in [0.2, 0.25) is 0 Å². The quantitative estimate of drug-likeness (QED) is 0.914. The summed E-state index contributed by atoms with van der Waals surface area (Å²) < 4.78 is 0. The number of nitrogens with zero attached hydrogens (tertiary/aromatic N) is 1. The van der Waals surface area contributed by atoms with Crippen molar-refractivity contribution in [2.24, 2.45) is 0 Å². The predicted octanol–water partition coefficient (Wildman–Crippen LogP) is 2.18. The zero-order chi connectivity index (χ0) is 14.2. The average molecular weight is 273 g/mol. The molecule has 1 saturated carbocycles. The number of aliphatic carboxylic acids is 1. The molecule has 1 aromatic rings. The number of amides is 1. The van der Waals surface area contributed by atoms with Crippen molar-refractivity contribution in [2.45, 2.75) is 43.6 Å². The number of hydrogen-bond donors (Lipinski definition) is 1. The van der Waals surface area contributed by atoms with Gasteiger partial charge in [-0.3, -0.25) is 9.59 Å². The van der Waals surface area contributed by atoms with Crippen LogP contribution in [0.15, 0.2) is 30.3 Å². The van der Waals surface area contributed by atoms with E-state index in [4.69, 9.17) is 5.11 Å². The maximum Gasteiger partial charge on any atom is 0.305 e. The minimum Gasteiger partial charge on any atom is -0.481 e. The van der Waals surface area contributed by atoms with Gasteiger partial charge in [-0.05, 0) is 31.2 Å². The van der Waals surface area contributed by atoms with Crippen molar-refractivity contribution in [3.63, 3.8) is 0 Å². The van der Waals surface area contributed by atoms with Crippen molar-refractivity contribution in [1.29, 1.82) is 0 Å². The summed E-state index contributed by atoms with van der Waals surface area (Å²) in [6, 6.07) is 9.76. The molecule has 1 atom stereocenters. The summed E-state index contributed by atoms with van der Waals surface area (Å²) in [5, 5.41) is 8.97. The van der Waals surface area contributed by atoms with Crippen molar-refractivity contribution in [3.8, 4) is 0 Å². The molecule has 106 valence electrons. The van der Waals surface area contributed by atoms with Gasteiger partial charge in [-0.25, -0.2) is 0 Å². The van der Waals surface area contributed by atoms with Crippen LogP contribution in [0.25, 0.3) is 0 Å². The molecule has 4 heteroatoms. The molecule has 0 bridgehead atoms. The number of carboxylic acid groups (broad SMARTS) is 1. The third kappa shape index (κ3) is 2.19. The molecule has 2 aliphatic rings. The molecule has 0 aromatic heterocycles. The van der Waals surface area contributed by atoms with E-state index >= 15 is 0 Å². The highest BCUT2D eigenvalue weighted by Gasteiger charge is 2.54. The molecule has 20 heavy (non-hydrogen) atoms. The van der Waals surface area contributed by atoms with Crippen LogP contribution in [0.3, 0.4) is 0 Å². The van der Waals surface area contributed by atoms with Crippen molar-refractivity contribution < 1.29 is 14.7 Å². The Bertz CT molecular complexity index is 522. The zero-order valence-corrected chi connectivity index (χ0v) is 11.4. The molecule has 1 aliphatic heterocycles. The molecule has 2 fully saturated rings. The van der Waals surface area contributed by atoms with Crippen LogP contribution in [-0.2, 0) is 15.0 Å². The first-order valence-corrected chi connectivity index (χ1v) is 7.22. The Labute approximate surface area is 118 Å². The highest BCUT2D eigenvalue weighted by Crippen LogP contribution is 2.50. The molecule has 0 radical (unpaired) electrons. The number of benzene rings is 1. The van der Waals surface area contributed by atoms with E-state index in [1.807, 2.05) is 35.2 Å². The van der Waals surface area contributed by atoms with E-state index in [2.05, 4.69) is 0 Å². The summed E-state index contributed by atoms with van der Waals surface area (Å²) in [7, 11) is 0. The molecule has 1 N–H and O–H groups in total. The first-order valence-electron chi connectivity index (χ1n) is 7.22. The molecular formula is C16H19NO3. The lowest BCUT2D eigenvalue weighted by atomic mass is 9.94. The van der Waals surface area contributed by atoms with E-state index < -0.39 is 5.97 Å². The molecule has 1 heterocycles. The lowest BCUT2D eigenvalue weighted by Crippen LogP contribution is -2.43. The third-order valence-corrected chi connectivity index (χ3v) is 4.53. The largest absolute Gasteiger partial charge is 0.481 e. The Kier molecular flexibility index (Phi) is 3.24. The Hall–Kier alpha value is -1.84. The molecule has 4 nitrogen and oxygen atoms in total. The van der Waals surface area contributed by atoms with E-state index in [1.165, 1.54) is 0 Å². The maximum atomic E-state index is 12.9. The van der Waals surface area contributed by atoms with Crippen LogP contribution in [0, 0.1) is 0 Å². The normalized spacial score (nSPS) is 23.6. The molecule has 1 aliphatic carbocycles. The number of hydrogen-bond acceptors (Lipinski definition) is 2. The van der Waals surface area contributed by atoms with Gasteiger partial charge in [-0.1, -0.05) is 30.3 Å². The maximum absolute atomic E-state index is 12.9. The monoisotopic (exact) mass is 273 g/mol. The van der Waals surface area contributed by atoms with Gasteiger partial charge in [0.15, 0.2) is 0 Å². The van der Waals surface area contributed by atoms with Gasteiger partial charge >= 0.3 is 5.97 Å². The summed E-state index contributed by atoms with van der Waals surface area (Å²) in [5.74, 6) is -0.688. The summed E-state index contributed by atoms with van der Waals surface area (Å²) >= 11 is 0. The van der Waals surface area contributed by atoms with E-state index in [0.717, 1.165) is 31.2 Å².